The van der Waals surface area contributed by atoms with Crippen molar-refractivity contribution in [2.24, 2.45) is 0 Å². The number of hydrogen-bond acceptors (Lipinski definition) is 6. The molecule has 1 N–H and O–H groups in total. The third-order valence-corrected chi connectivity index (χ3v) is 2.91. The van der Waals surface area contributed by atoms with Gasteiger partial charge in [-0.25, -0.2) is 0 Å². The fourth-order valence-electron chi connectivity index (χ4n) is 1.82. The van der Waals surface area contributed by atoms with Crippen LogP contribution in [-0.4, -0.2) is 30.3 Å². The minimum Gasteiger partial charge on any atom is -0.497 e. The first-order valence-corrected chi connectivity index (χ1v) is 6.38. The average Bonchev–Trinajstić information content (AvgIpc) is 2.93. The molecule has 1 aromatic heterocycles. The van der Waals surface area contributed by atoms with Crippen molar-refractivity contribution in [1.82, 2.24) is 15.5 Å². The SMILES string of the molecule is COc1ccc(OC)c(C(=O)NC(C)c2nc(C)no2)c1. The summed E-state index contributed by atoms with van der Waals surface area (Å²) in [7, 11) is 3.04. The maximum absolute atomic E-state index is 12.3. The van der Waals surface area contributed by atoms with Gasteiger partial charge in [-0.2, -0.15) is 4.98 Å². The molecule has 0 spiro atoms. The van der Waals surface area contributed by atoms with Gasteiger partial charge in [0.05, 0.1) is 19.8 Å². The zero-order valence-electron chi connectivity index (χ0n) is 12.3. The quantitative estimate of drug-likeness (QED) is 0.905. The molecule has 0 radical (unpaired) electrons. The zero-order valence-corrected chi connectivity index (χ0v) is 12.3. The van der Waals surface area contributed by atoms with Gasteiger partial charge in [-0.05, 0) is 32.0 Å². The molecule has 112 valence electrons. The van der Waals surface area contributed by atoms with Crippen LogP contribution in [0.2, 0.25) is 0 Å². The van der Waals surface area contributed by atoms with Gasteiger partial charge in [0, 0.05) is 0 Å². The molecule has 0 aliphatic rings. The van der Waals surface area contributed by atoms with E-state index in [0.29, 0.717) is 28.8 Å². The summed E-state index contributed by atoms with van der Waals surface area (Å²) in [5.41, 5.74) is 0.375. The Hall–Kier alpha value is -2.57. The second-order valence-electron chi connectivity index (χ2n) is 4.44. The van der Waals surface area contributed by atoms with E-state index in [1.807, 2.05) is 0 Å². The molecule has 1 heterocycles. The van der Waals surface area contributed by atoms with Gasteiger partial charge in [0.2, 0.25) is 5.89 Å². The molecule has 21 heavy (non-hydrogen) atoms. The lowest BCUT2D eigenvalue weighted by atomic mass is 10.1. The number of methoxy groups -OCH3 is 2. The number of aromatic nitrogens is 2. The Kier molecular flexibility index (Phi) is 4.42. The summed E-state index contributed by atoms with van der Waals surface area (Å²) in [6.45, 7) is 3.48. The van der Waals surface area contributed by atoms with Crippen molar-refractivity contribution in [2.75, 3.05) is 14.2 Å². The van der Waals surface area contributed by atoms with E-state index < -0.39 is 6.04 Å². The number of nitrogens with one attached hydrogen (secondary N) is 1. The van der Waals surface area contributed by atoms with E-state index in [-0.39, 0.29) is 5.91 Å². The maximum atomic E-state index is 12.3. The largest absolute Gasteiger partial charge is 0.497 e. The summed E-state index contributed by atoms with van der Waals surface area (Å²) in [6, 6.07) is 4.60. The van der Waals surface area contributed by atoms with E-state index in [1.54, 1.807) is 32.0 Å². The van der Waals surface area contributed by atoms with Crippen LogP contribution in [0, 0.1) is 6.92 Å². The number of nitrogens with zero attached hydrogens (tertiary/aromatic N) is 2. The Morgan fingerprint density at radius 3 is 2.67 bits per heavy atom. The van der Waals surface area contributed by atoms with Gasteiger partial charge >= 0.3 is 0 Å². The Morgan fingerprint density at radius 2 is 2.10 bits per heavy atom. The fraction of sp³-hybridized carbons (Fsp3) is 0.357. The van der Waals surface area contributed by atoms with Gasteiger partial charge in [0.15, 0.2) is 5.82 Å². The molecule has 7 nitrogen and oxygen atoms in total. The van der Waals surface area contributed by atoms with Crippen molar-refractivity contribution < 1.29 is 18.8 Å². The van der Waals surface area contributed by atoms with Crippen molar-refractivity contribution in [3.8, 4) is 11.5 Å². The second-order valence-corrected chi connectivity index (χ2v) is 4.44. The number of ether oxygens (including phenoxy) is 2. The van der Waals surface area contributed by atoms with Crippen LogP contribution in [0.1, 0.15) is 35.0 Å². The summed E-state index contributed by atoms with van der Waals surface area (Å²) >= 11 is 0. The lowest BCUT2D eigenvalue weighted by molar-refractivity contribution is 0.0929. The van der Waals surface area contributed by atoms with Crippen molar-refractivity contribution in [2.45, 2.75) is 19.9 Å². The molecule has 1 amide bonds. The number of amides is 1. The van der Waals surface area contributed by atoms with E-state index in [4.69, 9.17) is 14.0 Å². The number of benzene rings is 1. The van der Waals surface area contributed by atoms with Crippen LogP contribution in [0.4, 0.5) is 0 Å². The Morgan fingerprint density at radius 1 is 1.33 bits per heavy atom. The van der Waals surface area contributed by atoms with Crippen LogP contribution >= 0.6 is 0 Å². The number of rotatable bonds is 5. The Balaban J connectivity index is 2.19. The van der Waals surface area contributed by atoms with Gasteiger partial charge in [-0.3, -0.25) is 4.79 Å². The average molecular weight is 291 g/mol. The van der Waals surface area contributed by atoms with E-state index in [1.165, 1.54) is 14.2 Å². The van der Waals surface area contributed by atoms with Gasteiger partial charge in [0.25, 0.3) is 5.91 Å². The van der Waals surface area contributed by atoms with E-state index in [0.717, 1.165) is 0 Å². The molecule has 0 aliphatic carbocycles. The van der Waals surface area contributed by atoms with Crippen LogP contribution in [0.25, 0.3) is 0 Å². The molecule has 0 fully saturated rings. The van der Waals surface area contributed by atoms with Crippen LogP contribution in [-0.2, 0) is 0 Å². The normalized spacial score (nSPS) is 11.8. The van der Waals surface area contributed by atoms with E-state index in [9.17, 15) is 4.79 Å². The Bertz CT molecular complexity index is 639. The van der Waals surface area contributed by atoms with Crippen LogP contribution in [0.5, 0.6) is 11.5 Å². The summed E-state index contributed by atoms with van der Waals surface area (Å²) in [4.78, 5) is 16.4. The highest BCUT2D eigenvalue weighted by atomic mass is 16.5. The summed E-state index contributed by atoms with van der Waals surface area (Å²) < 4.78 is 15.3. The molecule has 1 unspecified atom stereocenters. The first-order valence-electron chi connectivity index (χ1n) is 6.38. The smallest absolute Gasteiger partial charge is 0.255 e. The Labute approximate surface area is 122 Å². The molecule has 0 saturated heterocycles. The molecule has 1 aromatic carbocycles. The van der Waals surface area contributed by atoms with E-state index in [2.05, 4.69) is 15.5 Å². The standard InChI is InChI=1S/C14H17N3O4/c1-8(14-16-9(2)17-21-14)15-13(18)11-7-10(19-3)5-6-12(11)20-4/h5-8H,1-4H3,(H,15,18). The molecule has 1 atom stereocenters. The highest BCUT2D eigenvalue weighted by Crippen LogP contribution is 2.24. The van der Waals surface area contributed by atoms with Crippen LogP contribution < -0.4 is 14.8 Å². The zero-order chi connectivity index (χ0) is 15.4. The van der Waals surface area contributed by atoms with Crippen molar-refractivity contribution in [1.29, 1.82) is 0 Å². The van der Waals surface area contributed by atoms with Crippen LogP contribution in [0.15, 0.2) is 22.7 Å². The third-order valence-electron chi connectivity index (χ3n) is 2.91. The van der Waals surface area contributed by atoms with Gasteiger partial charge in [0.1, 0.15) is 17.5 Å². The molecule has 2 aromatic rings. The van der Waals surface area contributed by atoms with Gasteiger partial charge < -0.3 is 19.3 Å². The summed E-state index contributed by atoms with van der Waals surface area (Å²) in [6.07, 6.45) is 0. The topological polar surface area (TPSA) is 86.5 Å². The molecular formula is C14H17N3O4. The number of carbonyl (C=O) groups excluding carboxylic acids is 1. The fourth-order valence-corrected chi connectivity index (χ4v) is 1.82. The monoisotopic (exact) mass is 291 g/mol. The summed E-state index contributed by atoms with van der Waals surface area (Å²) in [5, 5.41) is 6.48. The van der Waals surface area contributed by atoms with Gasteiger partial charge in [-0.15, -0.1) is 0 Å². The predicted octanol–water partition coefficient (Wildman–Crippen LogP) is 1.89. The van der Waals surface area contributed by atoms with Crippen molar-refractivity contribution in [3.63, 3.8) is 0 Å². The molecule has 0 bridgehead atoms. The highest BCUT2D eigenvalue weighted by Gasteiger charge is 2.19. The number of hydrogen-bond donors (Lipinski definition) is 1. The molecule has 0 saturated carbocycles. The molecule has 2 rings (SSSR count). The molecular weight excluding hydrogens is 274 g/mol. The molecule has 7 heteroatoms. The lowest BCUT2D eigenvalue weighted by Crippen LogP contribution is -2.27. The maximum Gasteiger partial charge on any atom is 0.255 e. The minimum absolute atomic E-state index is 0.311. The van der Waals surface area contributed by atoms with Crippen LogP contribution in [0.3, 0.4) is 0 Å². The van der Waals surface area contributed by atoms with Crippen molar-refractivity contribution >= 4 is 5.91 Å². The first-order chi connectivity index (χ1) is 10.0. The molecule has 0 aliphatic heterocycles. The number of aryl methyl sites for hydroxylation is 1. The first kappa shape index (κ1) is 14.8. The summed E-state index contributed by atoms with van der Waals surface area (Å²) in [5.74, 6) is 1.59. The van der Waals surface area contributed by atoms with E-state index >= 15 is 0 Å². The van der Waals surface area contributed by atoms with Gasteiger partial charge in [-0.1, -0.05) is 5.16 Å². The second kappa shape index (κ2) is 6.25. The minimum atomic E-state index is -0.408. The lowest BCUT2D eigenvalue weighted by Gasteiger charge is -2.13. The highest BCUT2D eigenvalue weighted by molar-refractivity contribution is 5.97. The predicted molar refractivity (Wildman–Crippen MR) is 74.5 cm³/mol. The number of carbonyl (C=O) groups is 1. The van der Waals surface area contributed by atoms with Crippen molar-refractivity contribution in [3.05, 3.63) is 35.5 Å². The third kappa shape index (κ3) is 3.31.